The molecule has 31 heavy (non-hydrogen) atoms. The number of aryl methyl sites for hydroxylation is 1. The van der Waals surface area contributed by atoms with Crippen molar-refractivity contribution in [2.24, 2.45) is 5.73 Å². The predicted octanol–water partition coefficient (Wildman–Crippen LogP) is 3.96. The summed E-state index contributed by atoms with van der Waals surface area (Å²) < 4.78 is 12.7. The van der Waals surface area contributed by atoms with E-state index in [0.717, 1.165) is 5.56 Å². The monoisotopic (exact) mass is 412 g/mol. The zero-order valence-electron chi connectivity index (χ0n) is 16.8. The number of nitrogens with two attached hydrogens (primary N) is 1. The highest BCUT2D eigenvalue weighted by Crippen LogP contribution is 2.33. The molecule has 3 N–H and O–H groups in total. The molecular formula is C23H18N5O3. The van der Waals surface area contributed by atoms with Gasteiger partial charge < -0.3 is 20.5 Å². The van der Waals surface area contributed by atoms with Crippen molar-refractivity contribution >= 4 is 22.8 Å². The van der Waals surface area contributed by atoms with Crippen LogP contribution in [0.25, 0.3) is 5.52 Å². The van der Waals surface area contributed by atoms with Crippen LogP contribution in [0.2, 0.25) is 0 Å². The Bertz CT molecular complexity index is 1320. The van der Waals surface area contributed by atoms with Gasteiger partial charge in [-0.1, -0.05) is 12.1 Å². The summed E-state index contributed by atoms with van der Waals surface area (Å²) in [5.74, 6) is 1.05. The fourth-order valence-corrected chi connectivity index (χ4v) is 3.22. The maximum atomic E-state index is 11.8. The topological polar surface area (TPSA) is 115 Å². The summed E-state index contributed by atoms with van der Waals surface area (Å²) >= 11 is 0. The number of primary amides is 1. The van der Waals surface area contributed by atoms with E-state index < -0.39 is 5.91 Å². The summed E-state index contributed by atoms with van der Waals surface area (Å²) in [5, 5.41) is 17.1. The van der Waals surface area contributed by atoms with Crippen molar-refractivity contribution in [2.45, 2.75) is 6.92 Å². The Kier molecular flexibility index (Phi) is 5.16. The minimum Gasteiger partial charge on any atom is -0.493 e. The van der Waals surface area contributed by atoms with E-state index >= 15 is 0 Å². The Labute approximate surface area is 178 Å². The van der Waals surface area contributed by atoms with E-state index in [1.165, 1.54) is 4.52 Å². The molecule has 153 valence electrons. The smallest absolute Gasteiger partial charge is 0.270 e. The third-order valence-electron chi connectivity index (χ3n) is 4.68. The molecule has 0 fully saturated rings. The van der Waals surface area contributed by atoms with Crippen molar-refractivity contribution in [1.82, 2.24) is 9.61 Å². The lowest BCUT2D eigenvalue weighted by Gasteiger charge is -2.14. The lowest BCUT2D eigenvalue weighted by Crippen LogP contribution is -2.18. The average molecular weight is 412 g/mol. The number of carbonyl (C=O) groups excluding carboxylic acids is 1. The van der Waals surface area contributed by atoms with Crippen molar-refractivity contribution < 1.29 is 14.3 Å². The van der Waals surface area contributed by atoms with Gasteiger partial charge in [-0.05, 0) is 48.9 Å². The predicted molar refractivity (Wildman–Crippen MR) is 115 cm³/mol. The second-order valence-corrected chi connectivity index (χ2v) is 6.67. The fourth-order valence-electron chi connectivity index (χ4n) is 3.22. The molecular weight excluding hydrogens is 394 g/mol. The molecule has 0 aliphatic rings. The number of para-hydroxylation sites is 2. The number of benzene rings is 2. The van der Waals surface area contributed by atoms with Gasteiger partial charge in [0.2, 0.25) is 0 Å². The molecule has 0 atom stereocenters. The molecule has 0 aliphatic carbocycles. The van der Waals surface area contributed by atoms with Crippen molar-refractivity contribution in [3.05, 3.63) is 77.6 Å². The third kappa shape index (κ3) is 3.72. The molecule has 2 aromatic carbocycles. The van der Waals surface area contributed by atoms with E-state index in [0.29, 0.717) is 34.1 Å². The molecule has 0 saturated heterocycles. The van der Waals surface area contributed by atoms with Gasteiger partial charge in [0.1, 0.15) is 17.4 Å². The molecule has 8 nitrogen and oxygen atoms in total. The molecule has 0 bridgehead atoms. The van der Waals surface area contributed by atoms with Gasteiger partial charge in [0.15, 0.2) is 17.2 Å². The summed E-state index contributed by atoms with van der Waals surface area (Å²) in [5.41, 5.74) is 7.93. The lowest BCUT2D eigenvalue weighted by molar-refractivity contribution is 0.0994. The maximum absolute atomic E-state index is 11.8. The first kappa shape index (κ1) is 19.8. The van der Waals surface area contributed by atoms with Gasteiger partial charge in [0.25, 0.3) is 5.91 Å². The maximum Gasteiger partial charge on any atom is 0.270 e. The van der Waals surface area contributed by atoms with E-state index in [1.54, 1.807) is 37.6 Å². The summed E-state index contributed by atoms with van der Waals surface area (Å²) in [7, 11) is 1.58. The molecule has 2 aromatic heterocycles. The normalized spacial score (nSPS) is 10.5. The van der Waals surface area contributed by atoms with Crippen molar-refractivity contribution in [3.8, 4) is 23.3 Å². The SMILES string of the molecule is COc1ccccc1Oc1ccc(Nc2c(C#N)c(C(N)=O)nn3c[c]c(C)c23)cc1. The van der Waals surface area contributed by atoms with E-state index in [-0.39, 0.29) is 11.3 Å². The number of anilines is 2. The molecule has 0 unspecified atom stereocenters. The third-order valence-corrected chi connectivity index (χ3v) is 4.68. The minimum atomic E-state index is -0.784. The number of nitriles is 1. The number of rotatable bonds is 6. The molecule has 0 aliphatic heterocycles. The van der Waals surface area contributed by atoms with E-state index in [9.17, 15) is 10.1 Å². The lowest BCUT2D eigenvalue weighted by atomic mass is 10.1. The van der Waals surface area contributed by atoms with Gasteiger partial charge in [-0.3, -0.25) is 4.79 Å². The zero-order chi connectivity index (χ0) is 22.0. The van der Waals surface area contributed by atoms with Crippen molar-refractivity contribution in [3.63, 3.8) is 0 Å². The number of carbonyl (C=O) groups is 1. The van der Waals surface area contributed by atoms with Crippen LogP contribution in [0.3, 0.4) is 0 Å². The highest BCUT2D eigenvalue weighted by molar-refractivity contribution is 5.98. The van der Waals surface area contributed by atoms with Crippen LogP contribution in [0, 0.1) is 24.3 Å². The average Bonchev–Trinajstić information content (AvgIpc) is 3.15. The molecule has 1 amide bonds. The molecule has 2 heterocycles. The number of nitrogens with zero attached hydrogens (tertiary/aromatic N) is 3. The van der Waals surface area contributed by atoms with Gasteiger partial charge in [-0.25, -0.2) is 4.52 Å². The summed E-state index contributed by atoms with van der Waals surface area (Å²) in [4.78, 5) is 11.8. The molecule has 0 saturated carbocycles. The van der Waals surface area contributed by atoms with Crippen LogP contribution in [-0.2, 0) is 0 Å². The van der Waals surface area contributed by atoms with Crippen LogP contribution in [0.5, 0.6) is 17.2 Å². The molecule has 1 radical (unpaired) electrons. The Morgan fingerprint density at radius 2 is 1.90 bits per heavy atom. The summed E-state index contributed by atoms with van der Waals surface area (Å²) in [6.45, 7) is 1.84. The van der Waals surface area contributed by atoms with Crippen LogP contribution in [0.15, 0.2) is 54.7 Å². The van der Waals surface area contributed by atoms with Gasteiger partial charge >= 0.3 is 0 Å². The van der Waals surface area contributed by atoms with Crippen LogP contribution < -0.4 is 20.5 Å². The van der Waals surface area contributed by atoms with Crippen molar-refractivity contribution in [1.29, 1.82) is 5.26 Å². The van der Waals surface area contributed by atoms with Crippen LogP contribution >= 0.6 is 0 Å². The quantitative estimate of drug-likeness (QED) is 0.495. The number of nitrogens with one attached hydrogen (secondary N) is 1. The second kappa shape index (κ2) is 8.08. The first-order valence-electron chi connectivity index (χ1n) is 9.33. The molecule has 4 rings (SSSR count). The highest BCUT2D eigenvalue weighted by Gasteiger charge is 2.20. The Morgan fingerprint density at radius 1 is 1.19 bits per heavy atom. The number of fused-ring (bicyclic) bond motifs is 1. The number of ether oxygens (including phenoxy) is 2. The van der Waals surface area contributed by atoms with Crippen molar-refractivity contribution in [2.75, 3.05) is 12.4 Å². The number of amides is 1. The molecule has 4 aromatic rings. The van der Waals surface area contributed by atoms with Gasteiger partial charge in [-0.15, -0.1) is 0 Å². The van der Waals surface area contributed by atoms with Gasteiger partial charge in [0.05, 0.1) is 18.3 Å². The minimum absolute atomic E-state index is 0.0737. The number of aromatic nitrogens is 2. The van der Waals surface area contributed by atoms with E-state index in [2.05, 4.69) is 16.5 Å². The van der Waals surface area contributed by atoms with E-state index in [1.807, 2.05) is 37.3 Å². The first-order valence-corrected chi connectivity index (χ1v) is 9.33. The highest BCUT2D eigenvalue weighted by atomic mass is 16.5. The molecule has 0 spiro atoms. The van der Waals surface area contributed by atoms with Gasteiger partial charge in [-0.2, -0.15) is 10.4 Å². The number of methoxy groups -OCH3 is 1. The molecule has 8 heteroatoms. The van der Waals surface area contributed by atoms with E-state index in [4.69, 9.17) is 15.2 Å². The Hall–Kier alpha value is -4.51. The van der Waals surface area contributed by atoms with Crippen LogP contribution in [0.4, 0.5) is 11.4 Å². The summed E-state index contributed by atoms with van der Waals surface area (Å²) in [6.07, 6.45) is 1.59. The first-order chi connectivity index (χ1) is 15.0. The zero-order valence-corrected chi connectivity index (χ0v) is 16.8. The summed E-state index contributed by atoms with van der Waals surface area (Å²) in [6, 6.07) is 19.6. The van der Waals surface area contributed by atoms with Crippen LogP contribution in [-0.4, -0.2) is 22.6 Å². The fraction of sp³-hybridized carbons (Fsp3) is 0.0870. The number of hydrogen-bond acceptors (Lipinski definition) is 6. The Balaban J connectivity index is 1.69. The second-order valence-electron chi connectivity index (χ2n) is 6.67. The largest absolute Gasteiger partial charge is 0.493 e. The standard InChI is InChI=1S/C23H18N5O3/c1-14-11-12-28-22(14)20(17(13-24)21(27-28)23(25)29)26-15-7-9-16(10-8-15)31-19-6-4-3-5-18(19)30-2/h3-10,12,26H,1-2H3,(H2,25,29). The van der Waals surface area contributed by atoms with Gasteiger partial charge in [0, 0.05) is 18.0 Å². The number of hydrogen-bond donors (Lipinski definition) is 2. The Morgan fingerprint density at radius 3 is 2.55 bits per heavy atom. The van der Waals surface area contributed by atoms with Crippen LogP contribution in [0.1, 0.15) is 21.6 Å².